The van der Waals surface area contributed by atoms with Gasteiger partial charge in [0.2, 0.25) is 0 Å². The summed E-state index contributed by atoms with van der Waals surface area (Å²) in [5.74, 6) is 0.468. The van der Waals surface area contributed by atoms with Crippen molar-refractivity contribution in [2.45, 2.75) is 0 Å². The third kappa shape index (κ3) is 2.17. The highest BCUT2D eigenvalue weighted by Crippen LogP contribution is 2.18. The fraction of sp³-hybridized carbons (Fsp3) is 0. The molecule has 0 saturated carbocycles. The van der Waals surface area contributed by atoms with Gasteiger partial charge in [0.15, 0.2) is 0 Å². The first-order valence-electron chi connectivity index (χ1n) is 4.72. The summed E-state index contributed by atoms with van der Waals surface area (Å²) in [4.78, 5) is 10.5. The first-order valence-corrected chi connectivity index (χ1v) is 4.72. The van der Waals surface area contributed by atoms with Crippen molar-refractivity contribution in [1.29, 1.82) is 0 Å². The van der Waals surface area contributed by atoms with Crippen LogP contribution in [-0.4, -0.2) is 4.92 Å². The molecule has 1 aromatic carbocycles. The van der Waals surface area contributed by atoms with Crippen molar-refractivity contribution < 1.29 is 9.34 Å². The van der Waals surface area contributed by atoms with E-state index >= 15 is 0 Å². The minimum absolute atomic E-state index is 0.0237. The quantitative estimate of drug-likeness (QED) is 0.584. The van der Waals surface area contributed by atoms with Gasteiger partial charge in [-0.25, -0.2) is 0 Å². The smallest absolute Gasteiger partial charge is 0.280 e. The largest absolute Gasteiger partial charge is 0.465 e. The summed E-state index contributed by atoms with van der Waals surface area (Å²) in [6, 6.07) is 12.1. The lowest BCUT2D eigenvalue weighted by molar-refractivity contribution is -0.374. The van der Waals surface area contributed by atoms with Gasteiger partial charge in [0.1, 0.15) is 5.76 Å². The molecule has 2 rings (SSSR count). The number of rotatable bonds is 3. The standard InChI is InChI=1S/C12H9NO3/c14-13(15)12(9-11-7-4-8-16-11)10-5-2-1-3-6-10/h1-9H/b12-9-. The molecule has 2 aromatic rings. The van der Waals surface area contributed by atoms with Gasteiger partial charge in [-0.1, -0.05) is 18.2 Å². The van der Waals surface area contributed by atoms with Crippen molar-refractivity contribution in [3.05, 3.63) is 70.2 Å². The fourth-order valence-electron chi connectivity index (χ4n) is 1.36. The molecule has 0 spiro atoms. The van der Waals surface area contributed by atoms with Gasteiger partial charge in [-0.15, -0.1) is 0 Å². The number of nitro groups is 1. The van der Waals surface area contributed by atoms with Crippen LogP contribution < -0.4 is 0 Å². The molecule has 0 aliphatic carbocycles. The fourth-order valence-corrected chi connectivity index (χ4v) is 1.36. The Balaban J connectivity index is 2.43. The lowest BCUT2D eigenvalue weighted by atomic mass is 10.1. The molecule has 0 aliphatic rings. The normalized spacial score (nSPS) is 11.4. The molecule has 0 fully saturated rings. The molecule has 0 aliphatic heterocycles. The molecule has 1 heterocycles. The van der Waals surface area contributed by atoms with Crippen LogP contribution in [0.15, 0.2) is 53.1 Å². The molecule has 0 saturated heterocycles. The van der Waals surface area contributed by atoms with Crippen LogP contribution in [0.25, 0.3) is 11.8 Å². The Labute approximate surface area is 92.0 Å². The molecule has 0 atom stereocenters. The Kier molecular flexibility index (Phi) is 2.82. The van der Waals surface area contributed by atoms with E-state index in [1.165, 1.54) is 12.3 Å². The summed E-state index contributed by atoms with van der Waals surface area (Å²) in [6.45, 7) is 0. The molecule has 80 valence electrons. The van der Waals surface area contributed by atoms with Gasteiger partial charge in [0, 0.05) is 0 Å². The van der Waals surface area contributed by atoms with Crippen molar-refractivity contribution >= 4 is 11.8 Å². The average Bonchev–Trinajstić information content (AvgIpc) is 2.79. The van der Waals surface area contributed by atoms with Crippen LogP contribution in [0.2, 0.25) is 0 Å². The molecule has 0 N–H and O–H groups in total. The minimum atomic E-state index is -0.419. The second-order valence-corrected chi connectivity index (χ2v) is 3.17. The van der Waals surface area contributed by atoms with Crippen LogP contribution in [0, 0.1) is 10.1 Å². The number of hydrogen-bond acceptors (Lipinski definition) is 3. The third-order valence-corrected chi connectivity index (χ3v) is 2.09. The Morgan fingerprint density at radius 1 is 1.19 bits per heavy atom. The SMILES string of the molecule is O=[N+]([O-])/C(=C\c1ccco1)c1ccccc1. The van der Waals surface area contributed by atoms with Crippen LogP contribution >= 0.6 is 0 Å². The van der Waals surface area contributed by atoms with Crippen molar-refractivity contribution in [3.63, 3.8) is 0 Å². The molecule has 1 aromatic heterocycles. The Morgan fingerprint density at radius 3 is 2.50 bits per heavy atom. The maximum Gasteiger partial charge on any atom is 0.280 e. The van der Waals surface area contributed by atoms with Gasteiger partial charge < -0.3 is 4.42 Å². The van der Waals surface area contributed by atoms with E-state index in [0.29, 0.717) is 11.3 Å². The van der Waals surface area contributed by atoms with Gasteiger partial charge in [-0.3, -0.25) is 10.1 Å². The van der Waals surface area contributed by atoms with Crippen LogP contribution in [0.4, 0.5) is 0 Å². The maximum absolute atomic E-state index is 10.9. The van der Waals surface area contributed by atoms with Crippen molar-refractivity contribution in [2.75, 3.05) is 0 Å². The van der Waals surface area contributed by atoms with Gasteiger partial charge in [-0.05, 0) is 24.3 Å². The highest BCUT2D eigenvalue weighted by molar-refractivity contribution is 5.74. The van der Waals surface area contributed by atoms with E-state index in [1.807, 2.05) is 6.07 Å². The van der Waals surface area contributed by atoms with Gasteiger partial charge in [0.25, 0.3) is 5.70 Å². The molecular formula is C12H9NO3. The Bertz CT molecular complexity index is 500. The summed E-state index contributed by atoms with van der Waals surface area (Å²) >= 11 is 0. The second kappa shape index (κ2) is 4.44. The van der Waals surface area contributed by atoms with Crippen LogP contribution in [0.5, 0.6) is 0 Å². The average molecular weight is 215 g/mol. The monoisotopic (exact) mass is 215 g/mol. The zero-order valence-corrected chi connectivity index (χ0v) is 8.37. The van der Waals surface area contributed by atoms with Crippen LogP contribution in [0.1, 0.15) is 11.3 Å². The van der Waals surface area contributed by atoms with E-state index in [-0.39, 0.29) is 5.70 Å². The van der Waals surface area contributed by atoms with Crippen molar-refractivity contribution in [3.8, 4) is 0 Å². The highest BCUT2D eigenvalue weighted by Gasteiger charge is 2.14. The van der Waals surface area contributed by atoms with Crippen molar-refractivity contribution in [1.82, 2.24) is 0 Å². The summed E-state index contributed by atoms with van der Waals surface area (Å²) in [5.41, 5.74) is 0.583. The Hall–Kier alpha value is -2.36. The molecule has 0 radical (unpaired) electrons. The summed E-state index contributed by atoms with van der Waals surface area (Å²) in [5, 5.41) is 10.9. The molecule has 16 heavy (non-hydrogen) atoms. The zero-order valence-electron chi connectivity index (χ0n) is 8.37. The van der Waals surface area contributed by atoms with Gasteiger partial charge >= 0.3 is 0 Å². The second-order valence-electron chi connectivity index (χ2n) is 3.17. The van der Waals surface area contributed by atoms with Crippen LogP contribution in [-0.2, 0) is 0 Å². The van der Waals surface area contributed by atoms with E-state index in [0.717, 1.165) is 0 Å². The summed E-state index contributed by atoms with van der Waals surface area (Å²) in [7, 11) is 0. The summed E-state index contributed by atoms with van der Waals surface area (Å²) < 4.78 is 5.05. The molecule has 4 heteroatoms. The third-order valence-electron chi connectivity index (χ3n) is 2.09. The number of furan rings is 1. The molecule has 0 unspecified atom stereocenters. The predicted octanol–water partition coefficient (Wildman–Crippen LogP) is 3.05. The van der Waals surface area contributed by atoms with Gasteiger partial charge in [0.05, 0.1) is 22.8 Å². The van der Waals surface area contributed by atoms with E-state index in [1.54, 1.807) is 36.4 Å². The Morgan fingerprint density at radius 2 is 1.94 bits per heavy atom. The zero-order chi connectivity index (χ0) is 11.4. The lowest BCUT2D eigenvalue weighted by Crippen LogP contribution is -1.97. The van der Waals surface area contributed by atoms with E-state index in [9.17, 15) is 10.1 Å². The van der Waals surface area contributed by atoms with E-state index in [2.05, 4.69) is 0 Å². The predicted molar refractivity (Wildman–Crippen MR) is 60.0 cm³/mol. The molecular weight excluding hydrogens is 206 g/mol. The molecule has 0 amide bonds. The summed E-state index contributed by atoms with van der Waals surface area (Å²) in [6.07, 6.45) is 2.89. The number of hydrogen-bond donors (Lipinski definition) is 0. The van der Waals surface area contributed by atoms with Crippen molar-refractivity contribution in [2.24, 2.45) is 0 Å². The number of benzene rings is 1. The molecule has 0 bridgehead atoms. The minimum Gasteiger partial charge on any atom is -0.465 e. The first kappa shape index (κ1) is 10.2. The number of nitrogens with zero attached hydrogens (tertiary/aromatic N) is 1. The maximum atomic E-state index is 10.9. The van der Waals surface area contributed by atoms with Crippen LogP contribution in [0.3, 0.4) is 0 Å². The van der Waals surface area contributed by atoms with E-state index in [4.69, 9.17) is 4.42 Å². The molecule has 4 nitrogen and oxygen atoms in total. The lowest BCUT2D eigenvalue weighted by Gasteiger charge is -1.97. The van der Waals surface area contributed by atoms with Gasteiger partial charge in [-0.2, -0.15) is 0 Å². The first-order chi connectivity index (χ1) is 7.77. The highest BCUT2D eigenvalue weighted by atomic mass is 16.6. The van der Waals surface area contributed by atoms with E-state index < -0.39 is 4.92 Å². The topological polar surface area (TPSA) is 56.3 Å².